The first-order valence-electron chi connectivity index (χ1n) is 6.62. The smallest absolute Gasteiger partial charge is 0.303 e. The molecule has 3 nitrogen and oxygen atoms in total. The van der Waals surface area contributed by atoms with Crippen molar-refractivity contribution in [2.24, 2.45) is 0 Å². The Morgan fingerprint density at radius 2 is 2.45 bits per heavy atom. The molecule has 0 saturated carbocycles. The van der Waals surface area contributed by atoms with Crippen molar-refractivity contribution in [3.05, 3.63) is 0 Å². The largest absolute Gasteiger partial charge is 0.481 e. The summed E-state index contributed by atoms with van der Waals surface area (Å²) in [7, 11) is 0. The monoisotopic (exact) mass is 166 g/mol. The molecule has 1 atom stereocenters. The number of carboxylic acid groups (broad SMARTS) is 1. The van der Waals surface area contributed by atoms with Gasteiger partial charge < -0.3 is 10.4 Å². The molecule has 0 spiro atoms. The summed E-state index contributed by atoms with van der Waals surface area (Å²) in [4.78, 5) is 11.0. The number of carboxylic acids is 1. The Balaban J connectivity index is 5.38. The Hall–Kier alpha value is -0.570. The van der Waals surface area contributed by atoms with Crippen LogP contribution < -0.4 is 5.31 Å². The van der Waals surface area contributed by atoms with E-state index in [-0.39, 0.29) is 0 Å². The molecule has 0 radical (unpaired) electrons. The van der Waals surface area contributed by atoms with Crippen LogP contribution in [0.4, 0.5) is 0 Å². The van der Waals surface area contributed by atoms with Gasteiger partial charge in [0.2, 0.25) is 0 Å². The molecule has 0 fully saturated rings. The zero-order valence-corrected chi connectivity index (χ0v) is 6.84. The molecule has 0 amide bonds. The van der Waals surface area contributed by atoms with Crippen LogP contribution in [-0.2, 0) is 4.79 Å². The van der Waals surface area contributed by atoms with Gasteiger partial charge in [0, 0.05) is 18.8 Å². The zero-order chi connectivity index (χ0) is 14.9. The van der Waals surface area contributed by atoms with E-state index in [1.54, 1.807) is 0 Å². The van der Waals surface area contributed by atoms with Crippen LogP contribution in [0.15, 0.2) is 0 Å². The average molecular weight is 166 g/mol. The Morgan fingerprint density at radius 1 is 1.82 bits per heavy atom. The number of hydrogen-bond donors (Lipinski definition) is 2. The number of nitrogens with one attached hydrogen (secondary N) is 1. The molecule has 66 valence electrons. The first-order chi connectivity index (χ1) is 7.80. The lowest BCUT2D eigenvalue weighted by atomic mass is 10.1. The maximum absolute atomic E-state index is 11.0. The molecule has 2 N–H and O–H groups in total. The van der Waals surface area contributed by atoms with Crippen LogP contribution in [0.2, 0.25) is 1.41 Å². The van der Waals surface area contributed by atoms with Gasteiger partial charge in [0.25, 0.3) is 1.43 Å². The van der Waals surface area contributed by atoms with Crippen LogP contribution in [0.5, 0.6) is 0 Å². The molecule has 3 heteroatoms. The topological polar surface area (TPSA) is 49.3 Å². The summed E-state index contributed by atoms with van der Waals surface area (Å²) in [6, 6.07) is 0. The van der Waals surface area contributed by atoms with Gasteiger partial charge in [-0.05, 0) is 33.6 Å². The highest BCUT2D eigenvalue weighted by Crippen LogP contribution is 1.98. The number of hydrogen-bond acceptors (Lipinski definition) is 3. The highest BCUT2D eigenvalue weighted by atomic mass is 16.4. The van der Waals surface area contributed by atoms with Crippen LogP contribution in [0, 0.1) is 0 Å². The third kappa shape index (κ3) is 9.43. The van der Waals surface area contributed by atoms with E-state index in [2.05, 4.69) is 5.11 Å². The molecular formula is C8H17NO2. The Labute approximate surface area is 77.8 Å². The van der Waals surface area contributed by atoms with Gasteiger partial charge in [-0.25, -0.2) is 0 Å². The summed E-state index contributed by atoms with van der Waals surface area (Å²) < 4.78 is 51.6. The minimum absolute atomic E-state index is 0.360. The molecule has 0 heterocycles. The zero-order valence-electron chi connectivity index (χ0n) is 13.8. The lowest BCUT2D eigenvalue weighted by Gasteiger charge is -2.19. The summed E-state index contributed by atoms with van der Waals surface area (Å²) in [5, 5.41) is 3.86. The molecule has 0 saturated heterocycles. The van der Waals surface area contributed by atoms with Crippen molar-refractivity contribution >= 4 is 5.97 Å². The van der Waals surface area contributed by atoms with E-state index in [1.165, 1.54) is 20.8 Å². The fourth-order valence-corrected chi connectivity index (χ4v) is 0.291. The second kappa shape index (κ2) is 4.34. The SMILES string of the molecule is [2H]OC(=O)C([2H])C([2H])([2H])C([2H])([2H])N([2H])C(C)(C)C. The highest BCUT2D eigenvalue weighted by Gasteiger charge is 2.07. The minimum Gasteiger partial charge on any atom is -0.481 e. The van der Waals surface area contributed by atoms with Crippen LogP contribution in [0.3, 0.4) is 0 Å². The fraction of sp³-hybridized carbons (Fsp3) is 0.875. The quantitative estimate of drug-likeness (QED) is 0.660. The van der Waals surface area contributed by atoms with Crippen molar-refractivity contribution in [2.75, 3.05) is 6.50 Å². The average Bonchev–Trinajstić information content (AvgIpc) is 2.24. The summed E-state index contributed by atoms with van der Waals surface area (Å²) >= 11 is 0. The summed E-state index contributed by atoms with van der Waals surface area (Å²) in [6.45, 7) is 1.59. The molecule has 11 heavy (non-hydrogen) atoms. The Bertz CT molecular complexity index is 315. The standard InChI is InChI=1S/C8H17NO2/c1-8(2,3)9-6-4-5-7(10)11/h9H,4-6H2,1-3H3,(H,10,11)/i4D2,5D,6D2/hD2. The minimum atomic E-state index is -3.00. The van der Waals surface area contributed by atoms with Crippen molar-refractivity contribution in [1.82, 2.24) is 5.31 Å². The van der Waals surface area contributed by atoms with Gasteiger partial charge in [0.15, 0.2) is 0 Å². The molecule has 0 aliphatic carbocycles. The number of aliphatic carboxylic acids is 1. The predicted molar refractivity (Wildman–Crippen MR) is 44.6 cm³/mol. The summed E-state index contributed by atoms with van der Waals surface area (Å²) in [6.07, 6.45) is -5.25. The van der Waals surface area contributed by atoms with E-state index in [4.69, 9.17) is 9.70 Å². The Kier molecular flexibility index (Phi) is 1.35. The van der Waals surface area contributed by atoms with E-state index in [1.807, 2.05) is 0 Å². The fourth-order valence-electron chi connectivity index (χ4n) is 0.291. The number of rotatable bonds is 4. The van der Waals surface area contributed by atoms with Crippen molar-refractivity contribution in [2.45, 2.75) is 39.1 Å². The molecule has 0 aliphatic heterocycles. The van der Waals surface area contributed by atoms with E-state index in [9.17, 15) is 4.79 Å². The van der Waals surface area contributed by atoms with E-state index in [0.29, 0.717) is 5.31 Å². The molecular weight excluding hydrogens is 142 g/mol. The lowest BCUT2D eigenvalue weighted by molar-refractivity contribution is -0.137. The predicted octanol–water partition coefficient (Wildman–Crippen LogP) is 1.24. The van der Waals surface area contributed by atoms with Crippen LogP contribution in [0.1, 0.15) is 40.4 Å². The third-order valence-corrected chi connectivity index (χ3v) is 0.646. The van der Waals surface area contributed by atoms with Crippen LogP contribution in [0.25, 0.3) is 1.43 Å². The first-order valence-corrected chi connectivity index (χ1v) is 3.18. The van der Waals surface area contributed by atoms with Gasteiger partial charge in [-0.3, -0.25) is 4.79 Å². The van der Waals surface area contributed by atoms with Crippen LogP contribution >= 0.6 is 0 Å². The first kappa shape index (κ1) is 3.44. The summed E-state index contributed by atoms with van der Waals surface area (Å²) in [5.41, 5.74) is -1.03. The molecule has 0 bridgehead atoms. The van der Waals surface area contributed by atoms with Crippen molar-refractivity contribution < 1.29 is 18.2 Å². The molecule has 0 aliphatic rings. The molecule has 1 unspecified atom stereocenters. The second-order valence-electron chi connectivity index (χ2n) is 3.00. The normalized spacial score (nSPS) is 26.4. The Morgan fingerprint density at radius 3 is 2.91 bits per heavy atom. The van der Waals surface area contributed by atoms with E-state index < -0.39 is 30.8 Å². The maximum Gasteiger partial charge on any atom is 0.303 e. The lowest BCUT2D eigenvalue weighted by Crippen LogP contribution is -2.36. The van der Waals surface area contributed by atoms with Gasteiger partial charge in [-0.1, -0.05) is 0 Å². The van der Waals surface area contributed by atoms with E-state index >= 15 is 0 Å². The molecule has 0 aromatic rings. The van der Waals surface area contributed by atoms with Gasteiger partial charge in [-0.15, -0.1) is 0 Å². The molecule has 0 aromatic carbocycles. The van der Waals surface area contributed by atoms with Crippen molar-refractivity contribution in [3.8, 4) is 0 Å². The molecule has 0 aromatic heterocycles. The van der Waals surface area contributed by atoms with Gasteiger partial charge in [0.05, 0.1) is 0 Å². The maximum atomic E-state index is 11.0. The molecule has 0 rings (SSSR count). The van der Waals surface area contributed by atoms with E-state index in [0.717, 1.165) is 0 Å². The third-order valence-electron chi connectivity index (χ3n) is 0.646. The van der Waals surface area contributed by atoms with Gasteiger partial charge in [-0.2, -0.15) is 0 Å². The van der Waals surface area contributed by atoms with Crippen LogP contribution in [-0.4, -0.2) is 23.1 Å². The van der Waals surface area contributed by atoms with Gasteiger partial charge >= 0.3 is 5.97 Å². The van der Waals surface area contributed by atoms with Crippen molar-refractivity contribution in [1.29, 1.82) is 1.43 Å². The number of carbonyl (C=O) groups is 1. The van der Waals surface area contributed by atoms with Crippen molar-refractivity contribution in [3.63, 3.8) is 0 Å². The van der Waals surface area contributed by atoms with Gasteiger partial charge in [0.1, 0.15) is 1.41 Å². The summed E-state index contributed by atoms with van der Waals surface area (Å²) in [5.74, 6) is -1.51. The highest BCUT2D eigenvalue weighted by molar-refractivity contribution is 5.66. The second-order valence-corrected chi connectivity index (χ2v) is 3.00.